The van der Waals surface area contributed by atoms with Gasteiger partial charge in [0.1, 0.15) is 5.82 Å². The normalized spacial score (nSPS) is 14.9. The number of para-hydroxylation sites is 1. The summed E-state index contributed by atoms with van der Waals surface area (Å²) in [5, 5.41) is 4.23. The van der Waals surface area contributed by atoms with Gasteiger partial charge >= 0.3 is 6.18 Å². The molecule has 3 heterocycles. The van der Waals surface area contributed by atoms with Crippen molar-refractivity contribution in [3.05, 3.63) is 77.2 Å². The number of hydrogen-bond donors (Lipinski definition) is 0. The van der Waals surface area contributed by atoms with Gasteiger partial charge in [-0.3, -0.25) is 4.79 Å². The third kappa shape index (κ3) is 4.94. The first-order valence-corrected chi connectivity index (χ1v) is 10.2. The summed E-state index contributed by atoms with van der Waals surface area (Å²) in [7, 11) is 0. The van der Waals surface area contributed by atoms with Crippen molar-refractivity contribution in [1.29, 1.82) is 0 Å². The molecule has 166 valence electrons. The first kappa shape index (κ1) is 21.9. The highest BCUT2D eigenvalue weighted by Crippen LogP contribution is 2.33. The Labute approximate surface area is 187 Å². The fraction of sp³-hybridized carbons (Fsp3) is 0.227. The third-order valence-corrected chi connectivity index (χ3v) is 5.36. The molecule has 1 aliphatic heterocycles. The second kappa shape index (κ2) is 9.04. The van der Waals surface area contributed by atoms with E-state index in [0.29, 0.717) is 26.2 Å². The van der Waals surface area contributed by atoms with E-state index in [2.05, 4.69) is 10.1 Å². The highest BCUT2D eigenvalue weighted by atomic mass is 35.5. The number of piperazine rings is 1. The van der Waals surface area contributed by atoms with Gasteiger partial charge in [0.15, 0.2) is 0 Å². The van der Waals surface area contributed by atoms with E-state index in [-0.39, 0.29) is 16.7 Å². The van der Waals surface area contributed by atoms with Crippen LogP contribution in [0.15, 0.2) is 61.1 Å². The number of rotatable bonds is 4. The summed E-state index contributed by atoms with van der Waals surface area (Å²) in [4.78, 5) is 19.9. The number of hydrogen-bond acceptors (Lipinski definition) is 4. The van der Waals surface area contributed by atoms with E-state index in [1.165, 1.54) is 6.08 Å². The van der Waals surface area contributed by atoms with Crippen LogP contribution in [0.5, 0.6) is 0 Å². The van der Waals surface area contributed by atoms with Crippen molar-refractivity contribution in [2.24, 2.45) is 0 Å². The lowest BCUT2D eigenvalue weighted by atomic mass is 10.2. The summed E-state index contributed by atoms with van der Waals surface area (Å²) >= 11 is 6.03. The molecule has 1 fully saturated rings. The van der Waals surface area contributed by atoms with Crippen LogP contribution < -0.4 is 4.90 Å². The van der Waals surface area contributed by atoms with Crippen LogP contribution in [0.4, 0.5) is 19.0 Å². The quantitative estimate of drug-likeness (QED) is 0.544. The minimum atomic E-state index is -4.50. The van der Waals surface area contributed by atoms with Crippen LogP contribution in [0.3, 0.4) is 0 Å². The Morgan fingerprint density at radius 2 is 1.78 bits per heavy atom. The van der Waals surface area contributed by atoms with Gasteiger partial charge in [-0.1, -0.05) is 29.8 Å². The molecule has 0 spiro atoms. The van der Waals surface area contributed by atoms with Crippen molar-refractivity contribution in [2.45, 2.75) is 6.18 Å². The van der Waals surface area contributed by atoms with Crippen LogP contribution >= 0.6 is 11.6 Å². The van der Waals surface area contributed by atoms with Crippen LogP contribution in [-0.4, -0.2) is 51.8 Å². The molecular weight excluding hydrogens is 443 g/mol. The Bertz CT molecular complexity index is 1120. The maximum absolute atomic E-state index is 12.8. The van der Waals surface area contributed by atoms with Gasteiger partial charge < -0.3 is 9.80 Å². The average Bonchev–Trinajstić information content (AvgIpc) is 3.27. The highest BCUT2D eigenvalue weighted by molar-refractivity contribution is 6.33. The number of nitrogens with zero attached hydrogens (tertiary/aromatic N) is 5. The molecule has 4 rings (SSSR count). The van der Waals surface area contributed by atoms with Gasteiger partial charge in [0.25, 0.3) is 0 Å². The fourth-order valence-electron chi connectivity index (χ4n) is 3.37. The average molecular weight is 462 g/mol. The lowest BCUT2D eigenvalue weighted by molar-refractivity contribution is -0.137. The van der Waals surface area contributed by atoms with E-state index in [9.17, 15) is 18.0 Å². The number of pyridine rings is 1. The predicted octanol–water partition coefficient (Wildman–Crippen LogP) is 4.30. The number of halogens is 4. The summed E-state index contributed by atoms with van der Waals surface area (Å²) in [5.74, 6) is 0.138. The minimum absolute atomic E-state index is 0.0603. The van der Waals surface area contributed by atoms with Crippen molar-refractivity contribution in [3.63, 3.8) is 0 Å². The zero-order valence-corrected chi connectivity index (χ0v) is 17.6. The Balaban J connectivity index is 1.34. The van der Waals surface area contributed by atoms with E-state index in [1.54, 1.807) is 26.8 Å². The molecule has 6 nitrogen and oxygen atoms in total. The molecular formula is C22H19ClF3N5O. The van der Waals surface area contributed by atoms with Crippen molar-refractivity contribution >= 4 is 29.4 Å². The summed E-state index contributed by atoms with van der Waals surface area (Å²) in [5.41, 5.74) is 0.826. The number of carbonyl (C=O) groups excluding carboxylic acids is 1. The van der Waals surface area contributed by atoms with E-state index in [4.69, 9.17) is 11.6 Å². The molecule has 10 heteroatoms. The zero-order chi connectivity index (χ0) is 22.7. The number of amides is 1. The van der Waals surface area contributed by atoms with Crippen LogP contribution in [0.25, 0.3) is 11.8 Å². The van der Waals surface area contributed by atoms with Gasteiger partial charge in [-0.2, -0.15) is 18.3 Å². The Morgan fingerprint density at radius 3 is 2.44 bits per heavy atom. The molecule has 1 saturated heterocycles. The van der Waals surface area contributed by atoms with Crippen LogP contribution in [0.1, 0.15) is 11.1 Å². The van der Waals surface area contributed by atoms with Gasteiger partial charge in [0.2, 0.25) is 5.91 Å². The first-order chi connectivity index (χ1) is 15.3. The smallest absolute Gasteiger partial charge is 0.352 e. The molecule has 0 aliphatic carbocycles. The Morgan fingerprint density at radius 1 is 1.06 bits per heavy atom. The topological polar surface area (TPSA) is 54.3 Å². The molecule has 0 saturated carbocycles. The monoisotopic (exact) mass is 461 g/mol. The van der Waals surface area contributed by atoms with Crippen LogP contribution in [0.2, 0.25) is 5.02 Å². The van der Waals surface area contributed by atoms with E-state index in [0.717, 1.165) is 23.5 Å². The summed E-state index contributed by atoms with van der Waals surface area (Å²) < 4.78 is 40.1. The Kier molecular flexibility index (Phi) is 6.18. The molecule has 3 aromatic rings. The largest absolute Gasteiger partial charge is 0.417 e. The van der Waals surface area contributed by atoms with Gasteiger partial charge in [0.05, 0.1) is 22.5 Å². The summed E-state index contributed by atoms with van der Waals surface area (Å²) in [6, 6.07) is 10.5. The van der Waals surface area contributed by atoms with E-state index >= 15 is 0 Å². The summed E-state index contributed by atoms with van der Waals surface area (Å²) in [6.45, 7) is 1.66. The van der Waals surface area contributed by atoms with Gasteiger partial charge in [0, 0.05) is 50.2 Å². The number of anilines is 1. The second-order valence-electron chi connectivity index (χ2n) is 7.23. The first-order valence-electron chi connectivity index (χ1n) is 9.86. The van der Waals surface area contributed by atoms with E-state index < -0.39 is 11.7 Å². The lowest BCUT2D eigenvalue weighted by Crippen LogP contribution is -2.48. The zero-order valence-electron chi connectivity index (χ0n) is 16.8. The maximum atomic E-state index is 12.8. The predicted molar refractivity (Wildman–Crippen MR) is 116 cm³/mol. The SMILES string of the molecule is O=C(/C=C/c1cnn(-c2ccccc2)c1)N1CCN(c2ncc(C(F)(F)F)cc2Cl)CC1. The van der Waals surface area contributed by atoms with Crippen molar-refractivity contribution in [3.8, 4) is 5.69 Å². The molecule has 1 amide bonds. The molecule has 1 aliphatic rings. The Hall–Kier alpha value is -3.33. The number of alkyl halides is 3. The molecule has 2 aromatic heterocycles. The fourth-order valence-corrected chi connectivity index (χ4v) is 3.66. The van der Waals surface area contributed by atoms with Gasteiger partial charge in [-0.05, 0) is 24.3 Å². The standard InChI is InChI=1S/C22H19ClF3N5O/c23-19-12-17(22(24,25)26)14-27-21(19)30-10-8-29(9-11-30)20(32)7-6-16-13-28-31(15-16)18-4-2-1-3-5-18/h1-7,12-15H,8-11H2/b7-6+. The molecule has 0 atom stereocenters. The molecule has 32 heavy (non-hydrogen) atoms. The van der Waals surface area contributed by atoms with Crippen molar-refractivity contribution in [1.82, 2.24) is 19.7 Å². The van der Waals surface area contributed by atoms with Crippen molar-refractivity contribution < 1.29 is 18.0 Å². The number of benzene rings is 1. The molecule has 0 radical (unpaired) electrons. The molecule has 1 aromatic carbocycles. The summed E-state index contributed by atoms with van der Waals surface area (Å²) in [6.07, 6.45) is 2.98. The lowest BCUT2D eigenvalue weighted by Gasteiger charge is -2.35. The van der Waals surface area contributed by atoms with Crippen molar-refractivity contribution in [2.75, 3.05) is 31.1 Å². The maximum Gasteiger partial charge on any atom is 0.417 e. The van der Waals surface area contributed by atoms with Crippen LogP contribution in [0, 0.1) is 0 Å². The van der Waals surface area contributed by atoms with Gasteiger partial charge in [-0.25, -0.2) is 9.67 Å². The van der Waals surface area contributed by atoms with Gasteiger partial charge in [-0.15, -0.1) is 0 Å². The minimum Gasteiger partial charge on any atom is -0.352 e. The molecule has 0 unspecified atom stereocenters. The number of carbonyl (C=O) groups is 1. The highest BCUT2D eigenvalue weighted by Gasteiger charge is 2.32. The number of aromatic nitrogens is 3. The second-order valence-corrected chi connectivity index (χ2v) is 7.63. The third-order valence-electron chi connectivity index (χ3n) is 5.08. The molecule has 0 N–H and O–H groups in total. The van der Waals surface area contributed by atoms with E-state index in [1.807, 2.05) is 36.5 Å². The van der Waals surface area contributed by atoms with Crippen LogP contribution in [-0.2, 0) is 11.0 Å². The molecule has 0 bridgehead atoms.